The normalized spacial score (nSPS) is 11.4. The molecule has 64 heavy (non-hydrogen) atoms. The van der Waals surface area contributed by atoms with Crippen molar-refractivity contribution in [3.8, 4) is 22.8 Å². The van der Waals surface area contributed by atoms with E-state index in [1.807, 2.05) is 36.4 Å². The van der Waals surface area contributed by atoms with E-state index in [0.29, 0.717) is 24.0 Å². The minimum absolute atomic E-state index is 0.599. The summed E-state index contributed by atoms with van der Waals surface area (Å²) in [5.41, 5.74) is 11.3. The predicted octanol–water partition coefficient (Wildman–Crippen LogP) is 15.3. The van der Waals surface area contributed by atoms with Crippen LogP contribution in [0.3, 0.4) is 0 Å². The van der Waals surface area contributed by atoms with Crippen molar-refractivity contribution in [1.82, 2.24) is 15.0 Å². The number of rotatable bonds is 15. The molecule has 0 aliphatic rings. The van der Waals surface area contributed by atoms with Crippen LogP contribution < -0.4 is 14.7 Å². The molecule has 1 aromatic heterocycles. The first kappa shape index (κ1) is 41.0. The summed E-state index contributed by atoms with van der Waals surface area (Å²) in [6, 6.07) is 79.7. The van der Waals surface area contributed by atoms with Crippen LogP contribution in [0, 0.1) is 0 Å². The van der Waals surface area contributed by atoms with Crippen molar-refractivity contribution in [3.63, 3.8) is 0 Å². The maximum atomic E-state index is 5.20. The highest BCUT2D eigenvalue weighted by Gasteiger charge is 2.17. The summed E-state index contributed by atoms with van der Waals surface area (Å²) in [7, 11) is 0. The average Bonchev–Trinajstić information content (AvgIpc) is 3.37. The Kier molecular flexibility index (Phi) is 12.8. The molecule has 9 aromatic rings. The maximum Gasteiger partial charge on any atom is 0.164 e. The highest BCUT2D eigenvalue weighted by atomic mass is 15.2. The molecule has 0 bridgehead atoms. The number of anilines is 8. The molecule has 0 fully saturated rings. The number of hydrogen-bond acceptors (Lipinski definition) is 6. The molecule has 6 heteroatoms. The van der Waals surface area contributed by atoms with Gasteiger partial charge in [0, 0.05) is 68.7 Å². The van der Waals surface area contributed by atoms with Gasteiger partial charge in [0.05, 0.1) is 0 Å². The standard InChI is InChI=1S/C58H48N6/c1-2-22-45(23-21-44-62(48-24-9-3-10-25-48)49-26-11-4-12-27-49)56-59-57(46-36-40-54(41-37-46)63(50-28-13-5-14-29-50)51-30-15-6-16-31-51)61-58(60-56)47-38-42-55(43-39-47)64(52-32-17-7-18-33-52)53-34-19-8-20-35-53/h3-43H,2,44H2,1H3/b23-21-,45-22+. The number of nitrogens with zero attached hydrogens (tertiary/aromatic N) is 6. The van der Waals surface area contributed by atoms with Crippen molar-refractivity contribution < 1.29 is 0 Å². The van der Waals surface area contributed by atoms with Crippen molar-refractivity contribution in [2.24, 2.45) is 0 Å². The molecular formula is C58H48N6. The molecule has 0 N–H and O–H groups in total. The topological polar surface area (TPSA) is 48.4 Å². The van der Waals surface area contributed by atoms with Crippen molar-refractivity contribution >= 4 is 51.1 Å². The van der Waals surface area contributed by atoms with Crippen molar-refractivity contribution in [2.75, 3.05) is 21.2 Å². The van der Waals surface area contributed by atoms with E-state index in [-0.39, 0.29) is 0 Å². The molecule has 0 aliphatic carbocycles. The fourth-order valence-corrected chi connectivity index (χ4v) is 7.80. The van der Waals surface area contributed by atoms with Crippen molar-refractivity contribution in [1.29, 1.82) is 0 Å². The average molecular weight is 829 g/mol. The third kappa shape index (κ3) is 9.57. The number of aromatic nitrogens is 3. The lowest BCUT2D eigenvalue weighted by Crippen LogP contribution is -2.16. The van der Waals surface area contributed by atoms with Gasteiger partial charge in [-0.2, -0.15) is 0 Å². The summed E-state index contributed by atoms with van der Waals surface area (Å²) < 4.78 is 0. The van der Waals surface area contributed by atoms with Crippen LogP contribution in [0.2, 0.25) is 0 Å². The van der Waals surface area contributed by atoms with Gasteiger partial charge in [-0.25, -0.2) is 15.0 Å². The summed E-state index contributed by atoms with van der Waals surface area (Å²) in [6.07, 6.45) is 7.34. The first-order chi connectivity index (χ1) is 31.7. The summed E-state index contributed by atoms with van der Waals surface area (Å²) in [5, 5.41) is 0. The highest BCUT2D eigenvalue weighted by molar-refractivity contribution is 5.80. The Bertz CT molecular complexity index is 2640. The van der Waals surface area contributed by atoms with E-state index in [2.05, 4.69) is 234 Å². The van der Waals surface area contributed by atoms with Crippen LogP contribution in [0.25, 0.3) is 28.3 Å². The Morgan fingerprint density at radius 3 is 1.02 bits per heavy atom. The molecule has 0 saturated heterocycles. The van der Waals surface area contributed by atoms with Gasteiger partial charge in [-0.3, -0.25) is 0 Å². The Morgan fingerprint density at radius 2 is 0.688 bits per heavy atom. The Morgan fingerprint density at radius 1 is 0.375 bits per heavy atom. The lowest BCUT2D eigenvalue weighted by atomic mass is 10.1. The minimum atomic E-state index is 0.599. The minimum Gasteiger partial charge on any atom is -0.338 e. The second-order valence-electron chi connectivity index (χ2n) is 15.2. The third-order valence-electron chi connectivity index (χ3n) is 10.9. The molecule has 0 radical (unpaired) electrons. The van der Waals surface area contributed by atoms with E-state index in [9.17, 15) is 0 Å². The van der Waals surface area contributed by atoms with Crippen LogP contribution in [-0.4, -0.2) is 21.5 Å². The molecule has 8 aromatic carbocycles. The zero-order chi connectivity index (χ0) is 43.3. The van der Waals surface area contributed by atoms with Gasteiger partial charge in [0.1, 0.15) is 0 Å². The molecular weight excluding hydrogens is 781 g/mol. The lowest BCUT2D eigenvalue weighted by Gasteiger charge is -2.25. The van der Waals surface area contributed by atoms with Gasteiger partial charge in [-0.1, -0.05) is 134 Å². The zero-order valence-corrected chi connectivity index (χ0v) is 35.8. The summed E-state index contributed by atoms with van der Waals surface area (Å²) in [5.74, 6) is 1.81. The van der Waals surface area contributed by atoms with Gasteiger partial charge in [0.15, 0.2) is 17.5 Å². The van der Waals surface area contributed by atoms with Crippen LogP contribution in [-0.2, 0) is 0 Å². The highest BCUT2D eigenvalue weighted by Crippen LogP contribution is 2.37. The van der Waals surface area contributed by atoms with Gasteiger partial charge in [-0.15, -0.1) is 0 Å². The van der Waals surface area contributed by atoms with E-state index in [1.54, 1.807) is 0 Å². The first-order valence-corrected chi connectivity index (χ1v) is 21.7. The molecule has 9 rings (SSSR count). The van der Waals surface area contributed by atoms with Gasteiger partial charge in [0.25, 0.3) is 0 Å². The SMILES string of the molecule is CC/C=C(\C=C/CN(c1ccccc1)c1ccccc1)c1nc(-c2ccc(N(c3ccccc3)c3ccccc3)cc2)nc(-c2ccc(N(c3ccccc3)c3ccccc3)cc2)n1. The largest absolute Gasteiger partial charge is 0.338 e. The Balaban J connectivity index is 1.11. The molecule has 0 atom stereocenters. The lowest BCUT2D eigenvalue weighted by molar-refractivity contribution is 1.03. The first-order valence-electron chi connectivity index (χ1n) is 21.7. The maximum absolute atomic E-state index is 5.20. The smallest absolute Gasteiger partial charge is 0.164 e. The van der Waals surface area contributed by atoms with E-state index < -0.39 is 0 Å². The monoisotopic (exact) mass is 828 g/mol. The Hall–Kier alpha value is -8.35. The number of hydrogen-bond donors (Lipinski definition) is 0. The molecule has 0 aliphatic heterocycles. The molecule has 6 nitrogen and oxygen atoms in total. The number of allylic oxidation sites excluding steroid dienone is 3. The fourth-order valence-electron chi connectivity index (χ4n) is 7.80. The number of benzene rings is 8. The van der Waals surface area contributed by atoms with Gasteiger partial charge < -0.3 is 14.7 Å². The summed E-state index contributed by atoms with van der Waals surface area (Å²) >= 11 is 0. The molecule has 0 amide bonds. The van der Waals surface area contributed by atoms with E-state index in [0.717, 1.165) is 68.6 Å². The number of para-hydroxylation sites is 6. The van der Waals surface area contributed by atoms with Crippen molar-refractivity contribution in [2.45, 2.75) is 13.3 Å². The third-order valence-corrected chi connectivity index (χ3v) is 10.9. The van der Waals surface area contributed by atoms with E-state index >= 15 is 0 Å². The summed E-state index contributed by atoms with van der Waals surface area (Å²) in [4.78, 5) is 22.4. The fraction of sp³-hybridized carbons (Fsp3) is 0.0517. The van der Waals surface area contributed by atoms with Crippen LogP contribution in [0.15, 0.2) is 249 Å². The zero-order valence-electron chi connectivity index (χ0n) is 35.8. The quantitative estimate of drug-likeness (QED) is 0.0960. The van der Waals surface area contributed by atoms with Crippen LogP contribution >= 0.6 is 0 Å². The van der Waals surface area contributed by atoms with E-state index in [4.69, 9.17) is 15.0 Å². The molecule has 0 saturated carbocycles. The Labute approximate surface area is 376 Å². The van der Waals surface area contributed by atoms with Crippen LogP contribution in [0.1, 0.15) is 19.2 Å². The molecule has 0 spiro atoms. The molecule has 1 heterocycles. The molecule has 0 unspecified atom stereocenters. The van der Waals surface area contributed by atoms with Crippen LogP contribution in [0.4, 0.5) is 45.5 Å². The second kappa shape index (κ2) is 20.0. The summed E-state index contributed by atoms with van der Waals surface area (Å²) in [6.45, 7) is 2.80. The van der Waals surface area contributed by atoms with Gasteiger partial charge in [-0.05, 0) is 128 Å². The van der Waals surface area contributed by atoms with Gasteiger partial charge in [0.2, 0.25) is 0 Å². The van der Waals surface area contributed by atoms with E-state index in [1.165, 1.54) is 0 Å². The van der Waals surface area contributed by atoms with Crippen molar-refractivity contribution in [3.05, 3.63) is 255 Å². The van der Waals surface area contributed by atoms with Gasteiger partial charge >= 0.3 is 0 Å². The second-order valence-corrected chi connectivity index (χ2v) is 15.2. The molecule has 310 valence electrons. The van der Waals surface area contributed by atoms with Crippen LogP contribution in [0.5, 0.6) is 0 Å². The predicted molar refractivity (Wildman–Crippen MR) is 267 cm³/mol.